The van der Waals surface area contributed by atoms with Gasteiger partial charge in [0.15, 0.2) is 0 Å². The van der Waals surface area contributed by atoms with Crippen LogP contribution in [0.15, 0.2) is 12.1 Å². The van der Waals surface area contributed by atoms with Crippen LogP contribution in [0.5, 0.6) is 0 Å². The van der Waals surface area contributed by atoms with E-state index in [1.807, 2.05) is 0 Å². The van der Waals surface area contributed by atoms with Gasteiger partial charge in [-0.25, -0.2) is 4.79 Å². The van der Waals surface area contributed by atoms with Crippen molar-refractivity contribution in [3.8, 4) is 0 Å². The van der Waals surface area contributed by atoms with Gasteiger partial charge in [-0.05, 0) is 17.7 Å². The number of nitrogens with one attached hydrogen (secondary N) is 1. The molecule has 0 saturated carbocycles. The number of alkyl halides is 3. The lowest BCUT2D eigenvalue weighted by Gasteiger charge is -2.12. The summed E-state index contributed by atoms with van der Waals surface area (Å²) in [6.45, 7) is 0. The molecule has 1 amide bonds. The number of carboxylic acid groups (broad SMARTS) is 1. The average molecular weight is 245 g/mol. The molecule has 0 saturated heterocycles. The van der Waals surface area contributed by atoms with E-state index in [4.69, 9.17) is 5.11 Å². The van der Waals surface area contributed by atoms with Crippen LogP contribution in [0, 0.1) is 0 Å². The predicted molar refractivity (Wildman–Crippen MR) is 50.7 cm³/mol. The van der Waals surface area contributed by atoms with E-state index in [2.05, 4.69) is 5.32 Å². The van der Waals surface area contributed by atoms with E-state index in [9.17, 15) is 22.8 Å². The van der Waals surface area contributed by atoms with Crippen LogP contribution in [0.3, 0.4) is 0 Å². The molecule has 1 aromatic carbocycles. The van der Waals surface area contributed by atoms with Crippen molar-refractivity contribution in [3.63, 3.8) is 0 Å². The van der Waals surface area contributed by atoms with E-state index in [0.717, 1.165) is 6.07 Å². The van der Waals surface area contributed by atoms with Gasteiger partial charge in [-0.15, -0.1) is 0 Å². The molecule has 17 heavy (non-hydrogen) atoms. The minimum atomic E-state index is -4.77. The highest BCUT2D eigenvalue weighted by Gasteiger charge is 2.37. The summed E-state index contributed by atoms with van der Waals surface area (Å²) < 4.78 is 37.8. The molecule has 1 aliphatic heterocycles. The molecule has 0 bridgehead atoms. The van der Waals surface area contributed by atoms with Crippen LogP contribution >= 0.6 is 0 Å². The van der Waals surface area contributed by atoms with Crippen molar-refractivity contribution in [2.24, 2.45) is 0 Å². The Labute approximate surface area is 93.0 Å². The maximum atomic E-state index is 12.6. The first kappa shape index (κ1) is 11.4. The van der Waals surface area contributed by atoms with Gasteiger partial charge in [-0.3, -0.25) is 4.79 Å². The third-order valence-electron chi connectivity index (χ3n) is 2.40. The number of carboxylic acids is 1. The number of benzene rings is 1. The molecule has 0 radical (unpaired) electrons. The molecule has 90 valence electrons. The Kier molecular flexibility index (Phi) is 2.34. The van der Waals surface area contributed by atoms with Gasteiger partial charge in [0.2, 0.25) is 5.91 Å². The normalized spacial score (nSPS) is 14.4. The molecule has 7 heteroatoms. The number of aromatic carboxylic acids is 1. The summed E-state index contributed by atoms with van der Waals surface area (Å²) >= 11 is 0. The van der Waals surface area contributed by atoms with Gasteiger partial charge in [0.1, 0.15) is 0 Å². The quantitative estimate of drug-likeness (QED) is 0.794. The van der Waals surface area contributed by atoms with Crippen molar-refractivity contribution in [1.82, 2.24) is 0 Å². The van der Waals surface area contributed by atoms with Crippen LogP contribution in [0.1, 0.15) is 21.5 Å². The lowest BCUT2D eigenvalue weighted by Crippen LogP contribution is -2.13. The van der Waals surface area contributed by atoms with Gasteiger partial charge in [0, 0.05) is 5.69 Å². The summed E-state index contributed by atoms with van der Waals surface area (Å²) in [5, 5.41) is 11.0. The summed E-state index contributed by atoms with van der Waals surface area (Å²) in [6.07, 6.45) is -4.87. The van der Waals surface area contributed by atoms with Crippen LogP contribution in [0.4, 0.5) is 18.9 Å². The van der Waals surface area contributed by atoms with Crippen molar-refractivity contribution >= 4 is 17.6 Å². The largest absolute Gasteiger partial charge is 0.478 e. The summed E-state index contributed by atoms with van der Waals surface area (Å²) in [4.78, 5) is 21.7. The van der Waals surface area contributed by atoms with Crippen molar-refractivity contribution in [3.05, 3.63) is 28.8 Å². The molecule has 4 nitrogen and oxygen atoms in total. The van der Waals surface area contributed by atoms with E-state index in [0.29, 0.717) is 6.07 Å². The standard InChI is InChI=1S/C10H6F3NO3/c11-10(12,13)6-3-7-4(2-8(15)14-7)1-5(6)9(16)17/h1,3H,2H2,(H,14,15)(H,16,17). The third-order valence-corrected chi connectivity index (χ3v) is 2.40. The fourth-order valence-electron chi connectivity index (χ4n) is 1.69. The summed E-state index contributed by atoms with van der Waals surface area (Å²) in [5.41, 5.74) is -1.81. The average Bonchev–Trinajstić information content (AvgIpc) is 2.53. The number of rotatable bonds is 1. The summed E-state index contributed by atoms with van der Waals surface area (Å²) in [6, 6.07) is 1.54. The van der Waals surface area contributed by atoms with Crippen molar-refractivity contribution in [2.45, 2.75) is 12.6 Å². The van der Waals surface area contributed by atoms with Gasteiger partial charge in [-0.1, -0.05) is 0 Å². The number of anilines is 1. The first-order valence-corrected chi connectivity index (χ1v) is 4.56. The zero-order valence-electron chi connectivity index (χ0n) is 8.26. The lowest BCUT2D eigenvalue weighted by molar-refractivity contribution is -0.138. The van der Waals surface area contributed by atoms with E-state index in [-0.39, 0.29) is 17.7 Å². The second-order valence-electron chi connectivity index (χ2n) is 3.58. The van der Waals surface area contributed by atoms with Gasteiger partial charge in [0.05, 0.1) is 17.5 Å². The molecule has 2 N–H and O–H groups in total. The number of hydrogen-bond acceptors (Lipinski definition) is 2. The predicted octanol–water partition coefficient (Wildman–Crippen LogP) is 1.90. The maximum absolute atomic E-state index is 12.6. The van der Waals surface area contributed by atoms with Crippen molar-refractivity contribution < 1.29 is 27.9 Å². The second-order valence-corrected chi connectivity index (χ2v) is 3.58. The molecule has 0 unspecified atom stereocenters. The maximum Gasteiger partial charge on any atom is 0.417 e. The number of carbonyl (C=O) groups excluding carboxylic acids is 1. The minimum Gasteiger partial charge on any atom is -0.478 e. The van der Waals surface area contributed by atoms with Gasteiger partial charge in [-0.2, -0.15) is 13.2 Å². The molecule has 0 atom stereocenters. The Bertz CT molecular complexity index is 522. The highest BCUT2D eigenvalue weighted by atomic mass is 19.4. The second kappa shape index (κ2) is 3.47. The third kappa shape index (κ3) is 1.95. The topological polar surface area (TPSA) is 66.4 Å². The van der Waals surface area contributed by atoms with E-state index in [1.165, 1.54) is 0 Å². The zero-order valence-corrected chi connectivity index (χ0v) is 8.26. The van der Waals surface area contributed by atoms with Gasteiger partial charge < -0.3 is 10.4 Å². The fraction of sp³-hybridized carbons (Fsp3) is 0.200. The Morgan fingerprint density at radius 2 is 2.00 bits per heavy atom. The zero-order chi connectivity index (χ0) is 12.8. The summed E-state index contributed by atoms with van der Waals surface area (Å²) in [5.74, 6) is -2.12. The number of amides is 1. The molecule has 1 aliphatic rings. The number of carbonyl (C=O) groups is 2. The van der Waals surface area contributed by atoms with Crippen LogP contribution in [0.25, 0.3) is 0 Å². The minimum absolute atomic E-state index is 0.0207. The molecular formula is C10H6F3NO3. The SMILES string of the molecule is O=C1Cc2cc(C(=O)O)c(C(F)(F)F)cc2N1. The molecular weight excluding hydrogens is 239 g/mol. The Morgan fingerprint density at radius 1 is 1.35 bits per heavy atom. The van der Waals surface area contributed by atoms with Crippen LogP contribution < -0.4 is 5.32 Å². The Hall–Kier alpha value is -2.05. The Balaban J connectivity index is 2.63. The summed E-state index contributed by atoms with van der Waals surface area (Å²) in [7, 11) is 0. The Morgan fingerprint density at radius 3 is 2.53 bits per heavy atom. The fourth-order valence-corrected chi connectivity index (χ4v) is 1.69. The van der Waals surface area contributed by atoms with Crippen LogP contribution in [0.2, 0.25) is 0 Å². The van der Waals surface area contributed by atoms with Crippen molar-refractivity contribution in [1.29, 1.82) is 0 Å². The molecule has 0 aliphatic carbocycles. The molecule has 2 rings (SSSR count). The number of hydrogen-bond donors (Lipinski definition) is 2. The van der Waals surface area contributed by atoms with Gasteiger partial charge >= 0.3 is 12.1 Å². The van der Waals surface area contributed by atoms with E-state index in [1.54, 1.807) is 0 Å². The highest BCUT2D eigenvalue weighted by molar-refractivity contribution is 6.01. The number of halogens is 3. The van der Waals surface area contributed by atoms with E-state index >= 15 is 0 Å². The smallest absolute Gasteiger partial charge is 0.417 e. The van der Waals surface area contributed by atoms with Gasteiger partial charge in [0.25, 0.3) is 0 Å². The molecule has 1 heterocycles. The molecule has 0 aromatic heterocycles. The molecule has 1 aromatic rings. The van der Waals surface area contributed by atoms with Crippen LogP contribution in [-0.2, 0) is 17.4 Å². The monoisotopic (exact) mass is 245 g/mol. The number of fused-ring (bicyclic) bond motifs is 1. The highest BCUT2D eigenvalue weighted by Crippen LogP contribution is 2.37. The first-order chi connectivity index (χ1) is 7.79. The lowest BCUT2D eigenvalue weighted by atomic mass is 10.0. The van der Waals surface area contributed by atoms with Crippen LogP contribution in [-0.4, -0.2) is 17.0 Å². The molecule has 0 fully saturated rings. The first-order valence-electron chi connectivity index (χ1n) is 4.56. The van der Waals surface area contributed by atoms with E-state index < -0.39 is 29.2 Å². The molecule has 0 spiro atoms. The van der Waals surface area contributed by atoms with Crippen molar-refractivity contribution in [2.75, 3.05) is 5.32 Å².